The third-order valence-corrected chi connectivity index (χ3v) is 6.65. The number of phenolic OH excluding ortho intramolecular Hbond substituents is 1. The molecule has 0 heterocycles. The summed E-state index contributed by atoms with van der Waals surface area (Å²) in [5.74, 6) is 0.0439. The van der Waals surface area contributed by atoms with Crippen LogP contribution in [0.2, 0.25) is 0 Å². The molecule has 0 fully saturated rings. The van der Waals surface area contributed by atoms with Crippen molar-refractivity contribution in [3.05, 3.63) is 128 Å². The first-order chi connectivity index (χ1) is 17.7. The lowest BCUT2D eigenvalue weighted by Gasteiger charge is -2.19. The Morgan fingerprint density at radius 2 is 1.00 bits per heavy atom. The van der Waals surface area contributed by atoms with Crippen LogP contribution in [0, 0.1) is 13.8 Å². The molecule has 6 nitrogen and oxygen atoms in total. The van der Waals surface area contributed by atoms with Gasteiger partial charge >= 0.3 is 0 Å². The molecule has 2 aliphatic rings. The molecule has 4 aromatic rings. The molecule has 4 aromatic carbocycles. The van der Waals surface area contributed by atoms with Crippen LogP contribution in [0.3, 0.4) is 0 Å². The fourth-order valence-corrected chi connectivity index (χ4v) is 4.86. The molecular formula is C31H22O6. The summed E-state index contributed by atoms with van der Waals surface area (Å²) < 4.78 is 5.22. The number of hydrogen-bond acceptors (Lipinski definition) is 6. The fourth-order valence-electron chi connectivity index (χ4n) is 4.86. The van der Waals surface area contributed by atoms with Gasteiger partial charge in [-0.05, 0) is 49.2 Å². The van der Waals surface area contributed by atoms with Crippen LogP contribution in [-0.2, 0) is 0 Å². The molecule has 0 amide bonds. The van der Waals surface area contributed by atoms with Gasteiger partial charge in [-0.2, -0.15) is 0 Å². The second kappa shape index (κ2) is 8.99. The Morgan fingerprint density at radius 3 is 1.51 bits per heavy atom. The standard InChI is InChI=1S/C16H12O3.C15H10O3/c1-9-7-12-13(8-14(9)19-2)16(18)11-6-4-3-5-10(11)15(12)17;1-8-6-9(16)7-12-13(8)15(18)11-5-3-2-4-10(11)14(12)17/h3-8H,1-2H3;2-7,16H,1H3. The van der Waals surface area contributed by atoms with E-state index in [1.165, 1.54) is 12.1 Å². The van der Waals surface area contributed by atoms with Gasteiger partial charge in [0.15, 0.2) is 23.1 Å². The Kier molecular flexibility index (Phi) is 5.80. The third-order valence-electron chi connectivity index (χ3n) is 6.65. The maximum Gasteiger partial charge on any atom is 0.194 e. The van der Waals surface area contributed by atoms with E-state index in [4.69, 9.17) is 4.74 Å². The molecule has 37 heavy (non-hydrogen) atoms. The molecule has 0 aromatic heterocycles. The number of carbonyl (C=O) groups is 4. The van der Waals surface area contributed by atoms with Gasteiger partial charge < -0.3 is 9.84 Å². The SMILES string of the molecule is COc1cc2c(cc1C)C(=O)c1ccccc1C2=O.Cc1cc(O)cc2c1C(=O)c1ccccc1C2=O. The number of ketones is 4. The number of benzene rings is 4. The molecule has 0 aliphatic heterocycles. The maximum atomic E-state index is 12.4. The van der Waals surface area contributed by atoms with Crippen LogP contribution in [0.5, 0.6) is 11.5 Å². The van der Waals surface area contributed by atoms with Gasteiger partial charge in [0.2, 0.25) is 0 Å². The minimum atomic E-state index is -0.209. The van der Waals surface area contributed by atoms with E-state index in [1.54, 1.807) is 74.7 Å². The average Bonchev–Trinajstić information content (AvgIpc) is 2.90. The van der Waals surface area contributed by atoms with Crippen LogP contribution in [0.1, 0.15) is 74.8 Å². The molecule has 6 heteroatoms. The Balaban J connectivity index is 0.000000152. The highest BCUT2D eigenvalue weighted by molar-refractivity contribution is 6.29. The van der Waals surface area contributed by atoms with Crippen LogP contribution in [0.4, 0.5) is 0 Å². The van der Waals surface area contributed by atoms with E-state index in [2.05, 4.69) is 0 Å². The van der Waals surface area contributed by atoms with Gasteiger partial charge in [-0.1, -0.05) is 48.5 Å². The van der Waals surface area contributed by atoms with Crippen molar-refractivity contribution in [3.63, 3.8) is 0 Å². The predicted molar refractivity (Wildman–Crippen MR) is 137 cm³/mol. The van der Waals surface area contributed by atoms with Gasteiger partial charge in [0, 0.05) is 44.5 Å². The van der Waals surface area contributed by atoms with E-state index >= 15 is 0 Å². The highest BCUT2D eigenvalue weighted by Crippen LogP contribution is 2.33. The van der Waals surface area contributed by atoms with Gasteiger partial charge in [0.25, 0.3) is 0 Å². The fraction of sp³-hybridized carbons (Fsp3) is 0.0968. The third kappa shape index (κ3) is 3.83. The Hall–Kier alpha value is -4.84. The maximum absolute atomic E-state index is 12.4. The smallest absolute Gasteiger partial charge is 0.194 e. The number of carbonyl (C=O) groups excluding carboxylic acids is 4. The molecule has 2 aliphatic carbocycles. The number of aromatic hydroxyl groups is 1. The number of fused-ring (bicyclic) bond motifs is 4. The summed E-state index contributed by atoms with van der Waals surface area (Å²) in [5, 5.41) is 9.56. The molecule has 6 rings (SSSR count). The highest BCUT2D eigenvalue weighted by Gasteiger charge is 2.31. The summed E-state index contributed by atoms with van der Waals surface area (Å²) in [6.07, 6.45) is 0. The summed E-state index contributed by atoms with van der Waals surface area (Å²) in [5.41, 5.74) is 4.82. The molecule has 0 unspecified atom stereocenters. The van der Waals surface area contributed by atoms with Gasteiger partial charge in [-0.3, -0.25) is 19.2 Å². The molecule has 1 N–H and O–H groups in total. The number of rotatable bonds is 1. The van der Waals surface area contributed by atoms with E-state index in [0.29, 0.717) is 50.3 Å². The molecule has 0 bridgehead atoms. The van der Waals surface area contributed by atoms with Crippen LogP contribution in [0.15, 0.2) is 72.8 Å². The number of hydrogen-bond donors (Lipinski definition) is 1. The number of methoxy groups -OCH3 is 1. The monoisotopic (exact) mass is 490 g/mol. The normalized spacial score (nSPS) is 13.1. The van der Waals surface area contributed by atoms with Gasteiger partial charge in [-0.15, -0.1) is 0 Å². The summed E-state index contributed by atoms with van der Waals surface area (Å²) >= 11 is 0. The molecule has 182 valence electrons. The summed E-state index contributed by atoms with van der Waals surface area (Å²) in [6.45, 7) is 3.58. The van der Waals surface area contributed by atoms with Crippen LogP contribution >= 0.6 is 0 Å². The average molecular weight is 491 g/mol. The first kappa shape index (κ1) is 23.9. The van der Waals surface area contributed by atoms with E-state index < -0.39 is 0 Å². The van der Waals surface area contributed by atoms with E-state index in [1.807, 2.05) is 6.92 Å². The summed E-state index contributed by atoms with van der Waals surface area (Å²) in [6, 6.07) is 19.9. The topological polar surface area (TPSA) is 97.7 Å². The predicted octanol–water partition coefficient (Wildman–Crippen LogP) is 5.26. The van der Waals surface area contributed by atoms with Crippen molar-refractivity contribution < 1.29 is 29.0 Å². The molecule has 0 saturated heterocycles. The zero-order valence-corrected chi connectivity index (χ0v) is 20.4. The quantitative estimate of drug-likeness (QED) is 0.338. The van der Waals surface area contributed by atoms with E-state index in [-0.39, 0.29) is 34.4 Å². The van der Waals surface area contributed by atoms with Crippen molar-refractivity contribution in [2.24, 2.45) is 0 Å². The molecular weight excluding hydrogens is 468 g/mol. The summed E-state index contributed by atoms with van der Waals surface area (Å²) in [7, 11) is 1.55. The van der Waals surface area contributed by atoms with Crippen LogP contribution in [-0.4, -0.2) is 35.3 Å². The van der Waals surface area contributed by atoms with Crippen molar-refractivity contribution in [1.29, 1.82) is 0 Å². The first-order valence-corrected chi connectivity index (χ1v) is 11.6. The van der Waals surface area contributed by atoms with Crippen molar-refractivity contribution in [3.8, 4) is 11.5 Å². The molecule has 0 radical (unpaired) electrons. The Morgan fingerprint density at radius 1 is 0.541 bits per heavy atom. The van der Waals surface area contributed by atoms with Crippen LogP contribution < -0.4 is 4.74 Å². The molecule has 0 spiro atoms. The lowest BCUT2D eigenvalue weighted by Crippen LogP contribution is -2.21. The number of phenols is 1. The van der Waals surface area contributed by atoms with Gasteiger partial charge in [-0.25, -0.2) is 0 Å². The van der Waals surface area contributed by atoms with Crippen molar-refractivity contribution >= 4 is 23.1 Å². The second-order valence-electron chi connectivity index (χ2n) is 8.96. The lowest BCUT2D eigenvalue weighted by molar-refractivity contribution is 0.0978. The molecule has 0 saturated carbocycles. The largest absolute Gasteiger partial charge is 0.508 e. The van der Waals surface area contributed by atoms with Crippen molar-refractivity contribution in [2.75, 3.05) is 7.11 Å². The first-order valence-electron chi connectivity index (χ1n) is 11.6. The number of ether oxygens (including phenoxy) is 1. The highest BCUT2D eigenvalue weighted by atomic mass is 16.5. The zero-order chi connectivity index (χ0) is 26.4. The van der Waals surface area contributed by atoms with Gasteiger partial charge in [0.1, 0.15) is 11.5 Å². The minimum absolute atomic E-state index is 0.00628. The van der Waals surface area contributed by atoms with E-state index in [0.717, 1.165) is 5.56 Å². The van der Waals surface area contributed by atoms with E-state index in [9.17, 15) is 24.3 Å². The second-order valence-corrected chi connectivity index (χ2v) is 8.96. The lowest BCUT2D eigenvalue weighted by atomic mass is 9.82. The minimum Gasteiger partial charge on any atom is -0.508 e. The van der Waals surface area contributed by atoms with Gasteiger partial charge in [0.05, 0.1) is 7.11 Å². The van der Waals surface area contributed by atoms with Crippen molar-refractivity contribution in [1.82, 2.24) is 0 Å². The Labute approximate surface area is 213 Å². The van der Waals surface area contributed by atoms with Crippen LogP contribution in [0.25, 0.3) is 0 Å². The molecule has 0 atom stereocenters. The number of aryl methyl sites for hydroxylation is 2. The Bertz CT molecular complexity index is 1660. The summed E-state index contributed by atoms with van der Waals surface area (Å²) in [4.78, 5) is 49.5. The zero-order valence-electron chi connectivity index (χ0n) is 20.4. The van der Waals surface area contributed by atoms with Crippen molar-refractivity contribution in [2.45, 2.75) is 13.8 Å².